The number of benzene rings is 2. The Bertz CT molecular complexity index is 637. The van der Waals surface area contributed by atoms with Gasteiger partial charge in [0.2, 0.25) is 0 Å². The summed E-state index contributed by atoms with van der Waals surface area (Å²) in [6.07, 6.45) is 1.18. The van der Waals surface area contributed by atoms with Gasteiger partial charge in [-0.05, 0) is 0 Å². The van der Waals surface area contributed by atoms with Crippen LogP contribution >= 0.6 is 0 Å². The molecule has 21 heavy (non-hydrogen) atoms. The van der Waals surface area contributed by atoms with Crippen LogP contribution in [-0.4, -0.2) is 47.0 Å². The van der Waals surface area contributed by atoms with Gasteiger partial charge in [0.25, 0.3) is 0 Å². The molecule has 0 N–H and O–H groups in total. The van der Waals surface area contributed by atoms with Crippen molar-refractivity contribution in [2.24, 2.45) is 0 Å². The van der Waals surface area contributed by atoms with E-state index in [1.54, 1.807) is 0 Å². The normalized spacial score (nSPS) is 13.2. The molecule has 0 fully saturated rings. The topological polar surface area (TPSA) is 6.48 Å². The van der Waals surface area contributed by atoms with Crippen molar-refractivity contribution in [2.75, 3.05) is 32.1 Å². The van der Waals surface area contributed by atoms with E-state index >= 15 is 0 Å². The van der Waals surface area contributed by atoms with Crippen LogP contribution < -0.4 is 13.8 Å². The van der Waals surface area contributed by atoms with Crippen molar-refractivity contribution in [3.63, 3.8) is 0 Å². The van der Waals surface area contributed by atoms with Gasteiger partial charge in [-0.3, -0.25) is 0 Å². The summed E-state index contributed by atoms with van der Waals surface area (Å²) in [7, 11) is 4.29. The number of rotatable bonds is 4. The summed E-state index contributed by atoms with van der Waals surface area (Å²) in [6.45, 7) is 4.45. The van der Waals surface area contributed by atoms with Crippen LogP contribution in [0.3, 0.4) is 0 Å². The van der Waals surface area contributed by atoms with Crippen molar-refractivity contribution in [2.45, 2.75) is 13.3 Å². The van der Waals surface area contributed by atoms with E-state index in [2.05, 4.69) is 73.3 Å². The van der Waals surface area contributed by atoms with Crippen LogP contribution in [0.1, 0.15) is 12.0 Å². The molecule has 3 rings (SSSR count). The van der Waals surface area contributed by atoms with E-state index in [1.807, 2.05) is 0 Å². The van der Waals surface area contributed by atoms with Crippen molar-refractivity contribution in [1.29, 1.82) is 0 Å². The average Bonchev–Trinajstić information content (AvgIpc) is 2.46. The zero-order chi connectivity index (χ0) is 14.8. The molecule has 2 aromatic rings. The second-order valence-electron chi connectivity index (χ2n) is 5.80. The summed E-state index contributed by atoms with van der Waals surface area (Å²) in [5, 5.41) is 0. The number of nitrogens with zero attached hydrogens (tertiary/aromatic N) is 2. The monoisotopic (exact) mass is 346 g/mol. The molecule has 1 aliphatic heterocycles. The zero-order valence-electron chi connectivity index (χ0n) is 13.0. The minimum absolute atomic E-state index is 0.427. The standard InChI is InChI=1S/C18H22N2Se/c1-14-8-6-11-17-18(14)20(13-7-12-19(2)3)15-9-4-5-10-16(15)21-17/h4-6,8-11H,7,12-13H2,1-3H3. The molecular weight excluding hydrogens is 323 g/mol. The summed E-state index contributed by atoms with van der Waals surface area (Å²) in [4.78, 5) is 4.80. The minimum atomic E-state index is 0.427. The molecular formula is C18H22N2Se. The van der Waals surface area contributed by atoms with Gasteiger partial charge in [-0.15, -0.1) is 0 Å². The average molecular weight is 345 g/mol. The van der Waals surface area contributed by atoms with Gasteiger partial charge in [0.1, 0.15) is 0 Å². The van der Waals surface area contributed by atoms with Gasteiger partial charge in [0, 0.05) is 0 Å². The van der Waals surface area contributed by atoms with Crippen LogP contribution in [0.4, 0.5) is 11.4 Å². The Balaban J connectivity index is 1.97. The molecule has 0 spiro atoms. The molecule has 0 aromatic heterocycles. The quantitative estimate of drug-likeness (QED) is 0.783. The third-order valence-corrected chi connectivity index (χ3v) is 6.17. The first-order chi connectivity index (χ1) is 10.2. The number of fused-ring (bicyclic) bond motifs is 2. The number of aryl methyl sites for hydroxylation is 1. The van der Waals surface area contributed by atoms with Crippen LogP contribution in [0, 0.1) is 6.92 Å². The molecule has 0 saturated heterocycles. The Labute approximate surface area is 133 Å². The molecule has 0 bridgehead atoms. The SMILES string of the molecule is Cc1cccc2c1N(CCCN(C)C)c1ccccc1[Se]2. The molecule has 2 nitrogen and oxygen atoms in total. The van der Waals surface area contributed by atoms with Gasteiger partial charge in [-0.25, -0.2) is 0 Å². The van der Waals surface area contributed by atoms with Gasteiger partial charge in [-0.2, -0.15) is 0 Å². The van der Waals surface area contributed by atoms with Crippen molar-refractivity contribution >= 4 is 35.3 Å². The van der Waals surface area contributed by atoms with Crippen LogP contribution in [-0.2, 0) is 0 Å². The first-order valence-corrected chi connectivity index (χ1v) is 9.17. The molecule has 2 aromatic carbocycles. The fraction of sp³-hybridized carbons (Fsp3) is 0.333. The molecule has 0 saturated carbocycles. The van der Waals surface area contributed by atoms with E-state index in [1.165, 1.54) is 32.3 Å². The van der Waals surface area contributed by atoms with Gasteiger partial charge in [0.15, 0.2) is 0 Å². The Hall–Kier alpha value is -1.28. The third-order valence-electron chi connectivity index (χ3n) is 3.83. The van der Waals surface area contributed by atoms with E-state index in [0.717, 1.165) is 13.1 Å². The molecule has 1 heterocycles. The number of hydrogen-bond donors (Lipinski definition) is 0. The molecule has 0 aliphatic carbocycles. The molecule has 0 unspecified atom stereocenters. The Morgan fingerprint density at radius 3 is 2.57 bits per heavy atom. The van der Waals surface area contributed by atoms with Crippen LogP contribution in [0.25, 0.3) is 0 Å². The first-order valence-electron chi connectivity index (χ1n) is 7.45. The van der Waals surface area contributed by atoms with Crippen molar-refractivity contribution in [3.05, 3.63) is 48.0 Å². The summed E-state index contributed by atoms with van der Waals surface area (Å²) in [5.41, 5.74) is 4.27. The maximum atomic E-state index is 2.54. The van der Waals surface area contributed by atoms with Gasteiger partial charge in [-0.1, -0.05) is 0 Å². The molecule has 110 valence electrons. The summed E-state index contributed by atoms with van der Waals surface area (Å²) < 4.78 is 3.03. The summed E-state index contributed by atoms with van der Waals surface area (Å²) in [6, 6.07) is 15.6. The molecule has 0 amide bonds. The zero-order valence-corrected chi connectivity index (χ0v) is 14.7. The van der Waals surface area contributed by atoms with E-state index in [-0.39, 0.29) is 0 Å². The fourth-order valence-corrected chi connectivity index (χ4v) is 5.32. The van der Waals surface area contributed by atoms with Crippen LogP contribution in [0.2, 0.25) is 0 Å². The second kappa shape index (κ2) is 6.23. The van der Waals surface area contributed by atoms with Crippen molar-refractivity contribution < 1.29 is 0 Å². The number of hydrogen-bond acceptors (Lipinski definition) is 2. The van der Waals surface area contributed by atoms with E-state index in [9.17, 15) is 0 Å². The number of anilines is 2. The molecule has 0 radical (unpaired) electrons. The van der Waals surface area contributed by atoms with E-state index < -0.39 is 0 Å². The van der Waals surface area contributed by atoms with Crippen molar-refractivity contribution in [1.82, 2.24) is 4.90 Å². The Morgan fingerprint density at radius 1 is 1.00 bits per heavy atom. The Morgan fingerprint density at radius 2 is 1.76 bits per heavy atom. The Kier molecular flexibility index (Phi) is 4.34. The van der Waals surface area contributed by atoms with Gasteiger partial charge < -0.3 is 0 Å². The molecule has 0 atom stereocenters. The predicted molar refractivity (Wildman–Crippen MR) is 92.8 cm³/mol. The molecule has 3 heteroatoms. The van der Waals surface area contributed by atoms with E-state index in [4.69, 9.17) is 0 Å². The second-order valence-corrected chi connectivity index (χ2v) is 8.07. The predicted octanol–water partition coefficient (Wildman–Crippen LogP) is 2.05. The van der Waals surface area contributed by atoms with Crippen LogP contribution in [0.15, 0.2) is 42.5 Å². The van der Waals surface area contributed by atoms with E-state index in [0.29, 0.717) is 15.0 Å². The van der Waals surface area contributed by atoms with Gasteiger partial charge in [0.05, 0.1) is 0 Å². The first kappa shape index (κ1) is 14.6. The number of para-hydroxylation sites is 2. The van der Waals surface area contributed by atoms with Crippen molar-refractivity contribution in [3.8, 4) is 0 Å². The van der Waals surface area contributed by atoms with Gasteiger partial charge >= 0.3 is 134 Å². The molecule has 1 aliphatic rings. The fourth-order valence-electron chi connectivity index (χ4n) is 2.84. The summed E-state index contributed by atoms with van der Waals surface area (Å²) in [5.74, 6) is 0. The maximum absolute atomic E-state index is 2.54. The summed E-state index contributed by atoms with van der Waals surface area (Å²) >= 11 is 0.427. The van der Waals surface area contributed by atoms with Crippen LogP contribution in [0.5, 0.6) is 0 Å². The third kappa shape index (κ3) is 3.01.